The molecule has 2 aromatic carbocycles. The second-order valence-corrected chi connectivity index (χ2v) is 9.84. The van der Waals surface area contributed by atoms with Crippen LogP contribution in [0.1, 0.15) is 17.5 Å². The monoisotopic (exact) mass is 471 g/mol. The molecule has 0 fully saturated rings. The fraction of sp³-hybridized carbons (Fsp3) is 0.304. The van der Waals surface area contributed by atoms with Gasteiger partial charge in [0, 0.05) is 34.8 Å². The quantitative estimate of drug-likeness (QED) is 0.525. The number of benzene rings is 2. The minimum atomic E-state index is -0.0213. The minimum absolute atomic E-state index is 0.0213. The zero-order chi connectivity index (χ0) is 21.2. The topological polar surface area (TPSA) is 45.1 Å². The molecule has 0 saturated carbocycles. The van der Waals surface area contributed by atoms with Crippen LogP contribution < -0.4 is 9.64 Å². The third kappa shape index (κ3) is 4.31. The predicted octanol–water partition coefficient (Wildman–Crippen LogP) is 5.11. The van der Waals surface area contributed by atoms with Crippen molar-refractivity contribution in [2.24, 2.45) is 4.99 Å². The largest absolute Gasteiger partial charge is 0.481 e. The van der Waals surface area contributed by atoms with E-state index in [1.165, 1.54) is 5.56 Å². The minimum Gasteiger partial charge on any atom is -0.481 e. The van der Waals surface area contributed by atoms with Crippen molar-refractivity contribution < 1.29 is 9.53 Å². The zero-order valence-electron chi connectivity index (χ0n) is 16.9. The summed E-state index contributed by atoms with van der Waals surface area (Å²) in [6, 6.07) is 14.2. The van der Waals surface area contributed by atoms with Crippen LogP contribution in [0.5, 0.6) is 5.75 Å². The van der Waals surface area contributed by atoms with Crippen molar-refractivity contribution in [1.29, 1.82) is 0 Å². The van der Waals surface area contributed by atoms with Gasteiger partial charge in [-0.15, -0.1) is 0 Å². The fourth-order valence-electron chi connectivity index (χ4n) is 3.93. The highest BCUT2D eigenvalue weighted by molar-refractivity contribution is 8.16. The number of thioether (sulfide) groups is 2. The molecule has 2 aromatic rings. The van der Waals surface area contributed by atoms with Gasteiger partial charge in [-0.2, -0.15) is 11.8 Å². The van der Waals surface area contributed by atoms with Gasteiger partial charge in [0.05, 0.1) is 17.9 Å². The Hall–Kier alpha value is -2.09. The van der Waals surface area contributed by atoms with Gasteiger partial charge in [0.2, 0.25) is 0 Å². The lowest BCUT2D eigenvalue weighted by atomic mass is 10.1. The van der Waals surface area contributed by atoms with E-state index in [2.05, 4.69) is 39.6 Å². The van der Waals surface area contributed by atoms with Crippen LogP contribution in [-0.4, -0.2) is 48.0 Å². The molecule has 0 bridgehead atoms. The van der Waals surface area contributed by atoms with E-state index in [-0.39, 0.29) is 12.5 Å². The SMILES string of the molecule is O=C1COc2c(C3=CSC4=NCCN34)cc(Cl)cc2N1CCCSCc1ccccc1. The summed E-state index contributed by atoms with van der Waals surface area (Å²) in [7, 11) is 0. The van der Waals surface area contributed by atoms with E-state index < -0.39 is 0 Å². The number of hydrogen-bond acceptors (Lipinski definition) is 6. The Kier molecular flexibility index (Phi) is 6.16. The maximum absolute atomic E-state index is 12.7. The molecular weight excluding hydrogens is 450 g/mol. The number of carbonyl (C=O) groups is 1. The summed E-state index contributed by atoms with van der Waals surface area (Å²) in [6.45, 7) is 2.37. The van der Waals surface area contributed by atoms with Crippen LogP contribution in [0, 0.1) is 0 Å². The molecule has 0 aliphatic carbocycles. The second kappa shape index (κ2) is 9.18. The molecule has 0 atom stereocenters. The molecule has 0 unspecified atom stereocenters. The van der Waals surface area contributed by atoms with Crippen molar-refractivity contribution in [2.75, 3.05) is 36.9 Å². The van der Waals surface area contributed by atoms with Gasteiger partial charge in [0.25, 0.3) is 5.91 Å². The smallest absolute Gasteiger partial charge is 0.265 e. The molecule has 0 N–H and O–H groups in total. The maximum atomic E-state index is 12.7. The maximum Gasteiger partial charge on any atom is 0.265 e. The molecule has 0 aromatic heterocycles. The Morgan fingerprint density at radius 1 is 1.23 bits per heavy atom. The average molecular weight is 472 g/mol. The Labute approximate surface area is 195 Å². The number of fused-ring (bicyclic) bond motifs is 2. The molecule has 0 spiro atoms. The molecule has 3 aliphatic heterocycles. The Bertz CT molecular complexity index is 1060. The molecule has 0 saturated heterocycles. The van der Waals surface area contributed by atoms with Gasteiger partial charge in [-0.3, -0.25) is 9.79 Å². The summed E-state index contributed by atoms with van der Waals surface area (Å²) in [5.41, 5.74) is 4.07. The van der Waals surface area contributed by atoms with E-state index in [0.29, 0.717) is 11.6 Å². The Morgan fingerprint density at radius 2 is 2.10 bits per heavy atom. The molecule has 3 heterocycles. The van der Waals surface area contributed by atoms with Crippen LogP contribution in [0.3, 0.4) is 0 Å². The van der Waals surface area contributed by atoms with E-state index >= 15 is 0 Å². The first-order chi connectivity index (χ1) is 15.2. The van der Waals surface area contributed by atoms with E-state index in [0.717, 1.165) is 58.9 Å². The molecule has 5 rings (SSSR count). The number of amides is 1. The van der Waals surface area contributed by atoms with Gasteiger partial charge in [0.15, 0.2) is 17.5 Å². The van der Waals surface area contributed by atoms with Crippen LogP contribution in [0.15, 0.2) is 52.9 Å². The van der Waals surface area contributed by atoms with Crippen LogP contribution in [0.2, 0.25) is 5.02 Å². The van der Waals surface area contributed by atoms with Gasteiger partial charge in [-0.05, 0) is 29.9 Å². The first-order valence-electron chi connectivity index (χ1n) is 10.3. The summed E-state index contributed by atoms with van der Waals surface area (Å²) >= 11 is 10.00. The molecule has 31 heavy (non-hydrogen) atoms. The van der Waals surface area contributed by atoms with Crippen LogP contribution in [0.25, 0.3) is 5.70 Å². The second-order valence-electron chi connectivity index (χ2n) is 7.46. The third-order valence-electron chi connectivity index (χ3n) is 5.39. The Morgan fingerprint density at radius 3 is 2.97 bits per heavy atom. The van der Waals surface area contributed by atoms with Crippen LogP contribution in [-0.2, 0) is 10.5 Å². The number of ether oxygens (including phenoxy) is 1. The number of anilines is 1. The van der Waals surface area contributed by atoms with Gasteiger partial charge in [0.1, 0.15) is 0 Å². The van der Waals surface area contributed by atoms with Gasteiger partial charge in [-0.25, -0.2) is 0 Å². The lowest BCUT2D eigenvalue weighted by molar-refractivity contribution is -0.121. The number of hydrogen-bond donors (Lipinski definition) is 0. The molecule has 1 amide bonds. The lowest BCUT2D eigenvalue weighted by Gasteiger charge is -2.32. The molecule has 8 heteroatoms. The summed E-state index contributed by atoms with van der Waals surface area (Å²) in [4.78, 5) is 21.2. The van der Waals surface area contributed by atoms with Crippen molar-refractivity contribution >= 4 is 57.6 Å². The highest BCUT2D eigenvalue weighted by Gasteiger charge is 2.33. The molecule has 3 aliphatic rings. The van der Waals surface area contributed by atoms with Crippen molar-refractivity contribution in [3.63, 3.8) is 0 Å². The molecule has 160 valence electrons. The third-order valence-corrected chi connectivity index (χ3v) is 7.63. The van der Waals surface area contributed by atoms with Gasteiger partial charge in [-0.1, -0.05) is 53.7 Å². The zero-order valence-corrected chi connectivity index (χ0v) is 19.3. The number of amidine groups is 1. The van der Waals surface area contributed by atoms with E-state index in [1.54, 1.807) is 11.8 Å². The van der Waals surface area contributed by atoms with Crippen molar-refractivity contribution in [3.8, 4) is 5.75 Å². The first kappa shape index (κ1) is 20.8. The summed E-state index contributed by atoms with van der Waals surface area (Å²) < 4.78 is 5.93. The van der Waals surface area contributed by atoms with Gasteiger partial charge >= 0.3 is 0 Å². The lowest BCUT2D eigenvalue weighted by Crippen LogP contribution is -2.40. The van der Waals surface area contributed by atoms with E-state index in [9.17, 15) is 4.79 Å². The number of carbonyl (C=O) groups excluding carboxylic acids is 1. The van der Waals surface area contributed by atoms with Gasteiger partial charge < -0.3 is 14.5 Å². The summed E-state index contributed by atoms with van der Waals surface area (Å²) in [5, 5.41) is 3.71. The van der Waals surface area contributed by atoms with Crippen molar-refractivity contribution in [1.82, 2.24) is 4.90 Å². The standard InChI is InChI=1S/C23H22ClN3O2S2/c24-17-11-18(20-15-31-23-25-7-9-27(20)23)22-19(12-17)26(21(28)13-29-22)8-4-10-30-14-16-5-2-1-3-6-16/h1-3,5-6,11-12,15H,4,7-10,13-14H2. The first-order valence-corrected chi connectivity index (χ1v) is 12.7. The highest BCUT2D eigenvalue weighted by atomic mass is 35.5. The van der Waals surface area contributed by atoms with E-state index in [1.807, 2.05) is 34.9 Å². The summed E-state index contributed by atoms with van der Waals surface area (Å²) in [5.74, 6) is 2.68. The molecular formula is C23H22ClN3O2S2. The van der Waals surface area contributed by atoms with E-state index in [4.69, 9.17) is 16.3 Å². The number of nitrogens with zero attached hydrogens (tertiary/aromatic N) is 3. The van der Waals surface area contributed by atoms with Crippen molar-refractivity contribution in [2.45, 2.75) is 12.2 Å². The molecule has 5 nitrogen and oxygen atoms in total. The normalized spacial score (nSPS) is 17.3. The highest BCUT2D eigenvalue weighted by Crippen LogP contribution is 2.45. The van der Waals surface area contributed by atoms with Crippen molar-refractivity contribution in [3.05, 3.63) is 64.0 Å². The fourth-order valence-corrected chi connectivity index (χ4v) is 6.01. The van der Waals surface area contributed by atoms with Crippen LogP contribution >= 0.6 is 35.1 Å². The molecule has 0 radical (unpaired) electrons. The Balaban J connectivity index is 1.30. The summed E-state index contributed by atoms with van der Waals surface area (Å²) in [6.07, 6.45) is 0.909. The number of rotatable bonds is 7. The average Bonchev–Trinajstić information content (AvgIpc) is 3.39. The van der Waals surface area contributed by atoms with Crippen LogP contribution in [0.4, 0.5) is 5.69 Å². The predicted molar refractivity (Wildman–Crippen MR) is 131 cm³/mol. The number of halogens is 1. The number of aliphatic imine (C=N–C) groups is 1.